The predicted molar refractivity (Wildman–Crippen MR) is 112 cm³/mol. The summed E-state index contributed by atoms with van der Waals surface area (Å²) in [6, 6.07) is 7.80. The van der Waals surface area contributed by atoms with Gasteiger partial charge in [0.25, 0.3) is 0 Å². The van der Waals surface area contributed by atoms with Gasteiger partial charge in [-0.15, -0.1) is 0 Å². The van der Waals surface area contributed by atoms with Crippen molar-refractivity contribution in [3.8, 4) is 5.75 Å². The van der Waals surface area contributed by atoms with Crippen LogP contribution in [0.3, 0.4) is 0 Å². The maximum absolute atomic E-state index is 11.7. The number of likely N-dealkylation sites (N-methyl/N-ethyl adjacent to an activating group) is 1. The van der Waals surface area contributed by atoms with Gasteiger partial charge in [-0.05, 0) is 45.7 Å². The molecule has 0 saturated carbocycles. The van der Waals surface area contributed by atoms with Gasteiger partial charge in [0.15, 0.2) is 6.04 Å². The van der Waals surface area contributed by atoms with E-state index in [0.717, 1.165) is 44.5 Å². The van der Waals surface area contributed by atoms with Gasteiger partial charge in [-0.3, -0.25) is 0 Å². The van der Waals surface area contributed by atoms with Crippen LogP contribution in [0, 0.1) is 12.8 Å². The third-order valence-corrected chi connectivity index (χ3v) is 5.97. The summed E-state index contributed by atoms with van der Waals surface area (Å²) < 4.78 is 12.7. The monoisotopic (exact) mass is 392 g/mol. The number of nitrogens with zero attached hydrogens (tertiary/aromatic N) is 1. The van der Waals surface area contributed by atoms with Crippen molar-refractivity contribution < 1.29 is 23.9 Å². The highest BCUT2D eigenvalue weighted by atomic mass is 16.5. The fourth-order valence-electron chi connectivity index (χ4n) is 3.82. The molecule has 1 N–H and O–H groups in total. The summed E-state index contributed by atoms with van der Waals surface area (Å²) in [4.78, 5) is 11.7. The summed E-state index contributed by atoms with van der Waals surface area (Å²) in [5, 5.41) is 9.59. The maximum atomic E-state index is 11.7. The molecule has 0 bridgehead atoms. The molecule has 1 aliphatic rings. The first kappa shape index (κ1) is 22.7. The summed E-state index contributed by atoms with van der Waals surface area (Å²) >= 11 is 0. The number of benzene rings is 1. The Morgan fingerprint density at radius 1 is 1.25 bits per heavy atom. The lowest BCUT2D eigenvalue weighted by atomic mass is 9.96. The number of rotatable bonds is 10. The molecule has 3 atom stereocenters. The highest BCUT2D eigenvalue weighted by Crippen LogP contribution is 2.27. The van der Waals surface area contributed by atoms with Crippen LogP contribution in [-0.2, 0) is 9.53 Å². The van der Waals surface area contributed by atoms with E-state index in [1.54, 1.807) is 0 Å². The van der Waals surface area contributed by atoms with Crippen molar-refractivity contribution in [1.29, 1.82) is 0 Å². The van der Waals surface area contributed by atoms with Gasteiger partial charge in [0.2, 0.25) is 0 Å². The van der Waals surface area contributed by atoms with Gasteiger partial charge in [0.05, 0.1) is 39.0 Å². The zero-order valence-electron chi connectivity index (χ0n) is 18.2. The normalized spacial score (nSPS) is 24.0. The van der Waals surface area contributed by atoms with E-state index in [0.29, 0.717) is 17.7 Å². The molecule has 5 heteroatoms. The van der Waals surface area contributed by atoms with Crippen molar-refractivity contribution in [1.82, 2.24) is 0 Å². The van der Waals surface area contributed by atoms with Gasteiger partial charge in [0, 0.05) is 18.8 Å². The number of hydrogen-bond acceptors (Lipinski definition) is 3. The van der Waals surface area contributed by atoms with E-state index in [9.17, 15) is 9.90 Å². The van der Waals surface area contributed by atoms with Crippen molar-refractivity contribution in [2.75, 3.05) is 33.4 Å². The zero-order valence-corrected chi connectivity index (χ0v) is 18.2. The smallest absolute Gasteiger partial charge is 0.362 e. The predicted octanol–water partition coefficient (Wildman–Crippen LogP) is 4.28. The Kier molecular flexibility index (Phi) is 7.90. The molecule has 1 aromatic carbocycles. The minimum Gasteiger partial charge on any atom is -0.493 e. The number of ether oxygens (including phenoxy) is 2. The molecule has 5 nitrogen and oxygen atoms in total. The van der Waals surface area contributed by atoms with Crippen molar-refractivity contribution in [2.45, 2.75) is 65.0 Å². The second kappa shape index (κ2) is 9.75. The van der Waals surface area contributed by atoms with Gasteiger partial charge in [-0.1, -0.05) is 24.6 Å². The molecule has 0 aliphatic carbocycles. The second-order valence-electron chi connectivity index (χ2n) is 9.33. The van der Waals surface area contributed by atoms with Crippen LogP contribution >= 0.6 is 0 Å². The first-order valence-corrected chi connectivity index (χ1v) is 10.5. The van der Waals surface area contributed by atoms with Crippen LogP contribution in [0.5, 0.6) is 5.75 Å². The van der Waals surface area contributed by atoms with Crippen LogP contribution in [0.4, 0.5) is 0 Å². The number of carboxylic acids is 1. The molecule has 0 radical (unpaired) electrons. The molecule has 0 aromatic heterocycles. The molecule has 2 rings (SSSR count). The van der Waals surface area contributed by atoms with E-state index in [1.165, 1.54) is 5.56 Å². The van der Waals surface area contributed by atoms with Crippen molar-refractivity contribution >= 4 is 5.97 Å². The van der Waals surface area contributed by atoms with E-state index in [-0.39, 0.29) is 17.6 Å². The lowest BCUT2D eigenvalue weighted by molar-refractivity contribution is -0.930. The Balaban J connectivity index is 1.77. The number of quaternary nitrogens is 1. The Morgan fingerprint density at radius 2 is 1.93 bits per heavy atom. The third kappa shape index (κ3) is 6.78. The van der Waals surface area contributed by atoms with Crippen LogP contribution < -0.4 is 4.74 Å². The van der Waals surface area contributed by atoms with Crippen molar-refractivity contribution in [2.24, 2.45) is 5.92 Å². The van der Waals surface area contributed by atoms with Gasteiger partial charge in [-0.25, -0.2) is 4.79 Å². The molecule has 1 aliphatic heterocycles. The second-order valence-corrected chi connectivity index (χ2v) is 9.33. The van der Waals surface area contributed by atoms with E-state index in [1.807, 2.05) is 24.3 Å². The molecule has 1 fully saturated rings. The third-order valence-electron chi connectivity index (χ3n) is 5.97. The molecule has 3 unspecified atom stereocenters. The number of carbonyl (C=O) groups is 1. The summed E-state index contributed by atoms with van der Waals surface area (Å²) in [6.07, 6.45) is 3.75. The minimum atomic E-state index is -0.664. The molecule has 1 saturated heterocycles. The average molecular weight is 393 g/mol. The van der Waals surface area contributed by atoms with Crippen LogP contribution in [0.15, 0.2) is 24.3 Å². The van der Waals surface area contributed by atoms with E-state index in [4.69, 9.17) is 9.47 Å². The van der Waals surface area contributed by atoms with Crippen LogP contribution in [0.25, 0.3) is 0 Å². The minimum absolute atomic E-state index is 0.278. The Hall–Kier alpha value is -1.59. The van der Waals surface area contributed by atoms with Gasteiger partial charge in [0.1, 0.15) is 5.75 Å². The number of aryl methyl sites for hydroxylation is 1. The number of piperidine rings is 1. The Bertz CT molecular complexity index is 628. The number of carboxylic acid groups (broad SMARTS) is 1. The van der Waals surface area contributed by atoms with Crippen molar-refractivity contribution in [3.05, 3.63) is 29.8 Å². The molecule has 0 amide bonds. The first-order chi connectivity index (χ1) is 13.1. The first-order valence-electron chi connectivity index (χ1n) is 10.5. The Morgan fingerprint density at radius 3 is 2.57 bits per heavy atom. The lowest BCUT2D eigenvalue weighted by Gasteiger charge is -2.44. The highest BCUT2D eigenvalue weighted by molar-refractivity contribution is 5.72. The topological polar surface area (TPSA) is 55.8 Å². The maximum Gasteiger partial charge on any atom is 0.362 e. The largest absolute Gasteiger partial charge is 0.493 e. The molecule has 158 valence electrons. The molecule has 1 aromatic rings. The summed E-state index contributed by atoms with van der Waals surface area (Å²) in [5.41, 5.74) is 0.945. The number of aliphatic carboxylic acids is 1. The fourth-order valence-corrected chi connectivity index (χ4v) is 3.82. The van der Waals surface area contributed by atoms with Crippen LogP contribution in [0.2, 0.25) is 0 Å². The molecule has 28 heavy (non-hydrogen) atoms. The van der Waals surface area contributed by atoms with Crippen LogP contribution in [0.1, 0.15) is 52.0 Å². The van der Waals surface area contributed by atoms with Gasteiger partial charge < -0.3 is 19.1 Å². The van der Waals surface area contributed by atoms with Gasteiger partial charge in [-0.2, -0.15) is 0 Å². The van der Waals surface area contributed by atoms with E-state index >= 15 is 0 Å². The quantitative estimate of drug-likeness (QED) is 0.604. The summed E-state index contributed by atoms with van der Waals surface area (Å²) in [5.74, 6) is 0.508. The number of likely N-dealkylation sites (tertiary alicyclic amines) is 1. The summed E-state index contributed by atoms with van der Waals surface area (Å²) in [6.45, 7) is 11.4. The van der Waals surface area contributed by atoms with Crippen LogP contribution in [-0.4, -0.2) is 60.6 Å². The van der Waals surface area contributed by atoms with E-state index < -0.39 is 5.97 Å². The lowest BCUT2D eigenvalue weighted by Crippen LogP contribution is -2.59. The number of hydrogen-bond donors (Lipinski definition) is 1. The van der Waals surface area contributed by atoms with Crippen molar-refractivity contribution in [3.63, 3.8) is 0 Å². The molecular formula is C23H38NO4+. The standard InChI is InChI=1S/C23H37NO4/c1-18-9-11-20(12-10-18)27-16-19(2)17-28-23(3,4)13-15-24(5)14-7-6-8-21(24)22(25)26/h9-12,19,21H,6-8,13-17H2,1-5H3/p+1. The van der Waals surface area contributed by atoms with Gasteiger partial charge >= 0.3 is 5.97 Å². The summed E-state index contributed by atoms with van der Waals surface area (Å²) in [7, 11) is 2.09. The Labute approximate surface area is 170 Å². The average Bonchev–Trinajstić information content (AvgIpc) is 2.65. The van der Waals surface area contributed by atoms with E-state index in [2.05, 4.69) is 34.7 Å². The fraction of sp³-hybridized carbons (Fsp3) is 0.696. The zero-order chi connectivity index (χ0) is 20.8. The molecule has 0 spiro atoms. The highest BCUT2D eigenvalue weighted by Gasteiger charge is 2.41. The SMILES string of the molecule is Cc1ccc(OCC(C)COC(C)(C)CC[N+]2(C)CCCCC2C(=O)O)cc1. The molecular weight excluding hydrogens is 354 g/mol. The molecule has 1 heterocycles.